The van der Waals surface area contributed by atoms with Crippen molar-refractivity contribution in [2.45, 2.75) is 24.7 Å². The Bertz CT molecular complexity index is 1000. The molecule has 0 aliphatic rings. The van der Waals surface area contributed by atoms with Crippen LogP contribution < -0.4 is 15.5 Å². The van der Waals surface area contributed by atoms with Crippen LogP contribution in [0.1, 0.15) is 30.0 Å². The van der Waals surface area contributed by atoms with Crippen molar-refractivity contribution in [2.75, 3.05) is 29.6 Å². The van der Waals surface area contributed by atoms with Crippen LogP contribution in [0, 0.1) is 5.92 Å². The molecule has 0 unspecified atom stereocenters. The molecule has 0 bridgehead atoms. The van der Waals surface area contributed by atoms with Crippen LogP contribution in [-0.2, 0) is 11.3 Å². The molecule has 0 saturated heterocycles. The minimum Gasteiger partial charge on any atom is -0.467 e. The minimum atomic E-state index is -0.274. The molecule has 0 aliphatic heterocycles. The lowest BCUT2D eigenvalue weighted by Gasteiger charge is -2.20. The van der Waals surface area contributed by atoms with Crippen LogP contribution in [-0.4, -0.2) is 41.4 Å². The van der Waals surface area contributed by atoms with Crippen LogP contribution in [0.5, 0.6) is 0 Å². The maximum Gasteiger partial charge on any atom is 0.253 e. The normalized spacial score (nSPS) is 10.8. The van der Waals surface area contributed by atoms with Crippen LogP contribution >= 0.6 is 23.1 Å². The van der Waals surface area contributed by atoms with Crippen molar-refractivity contribution in [3.05, 3.63) is 54.0 Å². The molecular formula is C21H25N5O3S2. The number of aromatic nitrogens is 2. The fourth-order valence-electron chi connectivity index (χ4n) is 2.62. The average Bonchev–Trinajstić information content (AvgIpc) is 3.45. The van der Waals surface area contributed by atoms with Gasteiger partial charge in [0.05, 0.1) is 29.8 Å². The Kier molecular flexibility index (Phi) is 8.07. The van der Waals surface area contributed by atoms with Crippen LogP contribution in [0.25, 0.3) is 0 Å². The topological polar surface area (TPSA) is 100 Å². The number of nitrogens with one attached hydrogen (secondary N) is 2. The SMILES string of the molecule is CC(C)CNc1nnc(SCC(=O)N(C)c2ccccc2C(=O)NCc2ccco2)s1. The van der Waals surface area contributed by atoms with E-state index in [2.05, 4.69) is 34.7 Å². The van der Waals surface area contributed by atoms with E-state index in [0.717, 1.165) is 16.0 Å². The van der Waals surface area contributed by atoms with Crippen molar-refractivity contribution in [1.82, 2.24) is 15.5 Å². The van der Waals surface area contributed by atoms with Gasteiger partial charge in [-0.05, 0) is 30.2 Å². The van der Waals surface area contributed by atoms with Crippen molar-refractivity contribution in [3.63, 3.8) is 0 Å². The molecule has 0 atom stereocenters. The number of hydrogen-bond donors (Lipinski definition) is 2. The van der Waals surface area contributed by atoms with Gasteiger partial charge in [-0.2, -0.15) is 0 Å². The Morgan fingerprint density at radius 2 is 2.00 bits per heavy atom. The Balaban J connectivity index is 1.58. The van der Waals surface area contributed by atoms with Crippen molar-refractivity contribution in [3.8, 4) is 0 Å². The van der Waals surface area contributed by atoms with Gasteiger partial charge in [-0.3, -0.25) is 9.59 Å². The van der Waals surface area contributed by atoms with E-state index in [-0.39, 0.29) is 24.1 Å². The number of carbonyl (C=O) groups excluding carboxylic acids is 2. The van der Waals surface area contributed by atoms with Gasteiger partial charge < -0.3 is 20.0 Å². The van der Waals surface area contributed by atoms with E-state index in [1.165, 1.54) is 28.0 Å². The molecule has 0 saturated carbocycles. The van der Waals surface area contributed by atoms with Crippen molar-refractivity contribution >= 4 is 45.7 Å². The molecule has 2 N–H and O–H groups in total. The highest BCUT2D eigenvalue weighted by molar-refractivity contribution is 8.01. The standard InChI is InChI=1S/C21H25N5O3S2/c1-14(2)11-23-20-24-25-21(31-20)30-13-18(27)26(3)17-9-5-4-8-16(17)19(28)22-12-15-7-6-10-29-15/h4-10,14H,11-13H2,1-3H3,(H,22,28)(H,23,24). The number of hydrogen-bond acceptors (Lipinski definition) is 8. The molecule has 0 fully saturated rings. The monoisotopic (exact) mass is 459 g/mol. The van der Waals surface area contributed by atoms with E-state index in [1.807, 2.05) is 0 Å². The van der Waals surface area contributed by atoms with Gasteiger partial charge in [-0.1, -0.05) is 49.1 Å². The van der Waals surface area contributed by atoms with Gasteiger partial charge in [0, 0.05) is 13.6 Å². The lowest BCUT2D eigenvalue weighted by Crippen LogP contribution is -2.31. The second-order valence-electron chi connectivity index (χ2n) is 7.17. The highest BCUT2D eigenvalue weighted by Crippen LogP contribution is 2.27. The molecule has 3 aromatic rings. The second kappa shape index (κ2) is 11.0. The van der Waals surface area contributed by atoms with E-state index in [9.17, 15) is 9.59 Å². The highest BCUT2D eigenvalue weighted by atomic mass is 32.2. The summed E-state index contributed by atoms with van der Waals surface area (Å²) in [6.07, 6.45) is 1.56. The van der Waals surface area contributed by atoms with Crippen LogP contribution in [0.3, 0.4) is 0 Å². The fraction of sp³-hybridized carbons (Fsp3) is 0.333. The average molecular weight is 460 g/mol. The van der Waals surface area contributed by atoms with E-state index in [4.69, 9.17) is 4.42 Å². The minimum absolute atomic E-state index is 0.136. The zero-order valence-corrected chi connectivity index (χ0v) is 19.3. The van der Waals surface area contributed by atoms with Gasteiger partial charge in [0.1, 0.15) is 5.76 Å². The molecule has 8 nitrogen and oxygen atoms in total. The first kappa shape index (κ1) is 22.8. The first-order valence-electron chi connectivity index (χ1n) is 9.80. The van der Waals surface area contributed by atoms with E-state index in [1.54, 1.807) is 49.7 Å². The quantitative estimate of drug-likeness (QED) is 0.444. The Hall–Kier alpha value is -2.85. The molecule has 2 aromatic heterocycles. The van der Waals surface area contributed by atoms with Gasteiger partial charge in [-0.15, -0.1) is 10.2 Å². The van der Waals surface area contributed by atoms with Crippen LogP contribution in [0.4, 0.5) is 10.8 Å². The second-order valence-corrected chi connectivity index (χ2v) is 9.37. The number of para-hydroxylation sites is 1. The number of furan rings is 1. The molecule has 0 spiro atoms. The molecule has 31 heavy (non-hydrogen) atoms. The predicted octanol–water partition coefficient (Wildman–Crippen LogP) is 3.88. The zero-order valence-electron chi connectivity index (χ0n) is 17.6. The summed E-state index contributed by atoms with van der Waals surface area (Å²) in [5.74, 6) is 0.947. The first-order valence-corrected chi connectivity index (χ1v) is 11.6. The Morgan fingerprint density at radius 3 is 2.74 bits per heavy atom. The first-order chi connectivity index (χ1) is 14.9. The number of anilines is 2. The highest BCUT2D eigenvalue weighted by Gasteiger charge is 2.19. The molecule has 0 aliphatic carbocycles. The van der Waals surface area contributed by atoms with Crippen LogP contribution in [0.15, 0.2) is 51.4 Å². The molecule has 164 valence electrons. The van der Waals surface area contributed by atoms with Crippen molar-refractivity contribution < 1.29 is 14.0 Å². The summed E-state index contributed by atoms with van der Waals surface area (Å²) in [7, 11) is 1.66. The molecule has 2 heterocycles. The molecular weight excluding hydrogens is 434 g/mol. The summed E-state index contributed by atoms with van der Waals surface area (Å²) in [6.45, 7) is 5.33. The van der Waals surface area contributed by atoms with Crippen LogP contribution in [0.2, 0.25) is 0 Å². The molecule has 1 aromatic carbocycles. The molecule has 0 radical (unpaired) electrons. The van der Waals surface area contributed by atoms with E-state index >= 15 is 0 Å². The summed E-state index contributed by atoms with van der Waals surface area (Å²) < 4.78 is 5.96. The van der Waals surface area contributed by atoms with Gasteiger partial charge in [-0.25, -0.2) is 0 Å². The summed E-state index contributed by atoms with van der Waals surface area (Å²) in [5, 5.41) is 15.0. The molecule has 10 heteroatoms. The summed E-state index contributed by atoms with van der Waals surface area (Å²) in [6, 6.07) is 10.6. The molecule has 2 amide bonds. The predicted molar refractivity (Wildman–Crippen MR) is 124 cm³/mol. The maximum atomic E-state index is 12.8. The summed E-state index contributed by atoms with van der Waals surface area (Å²) >= 11 is 2.75. The number of benzene rings is 1. The summed E-state index contributed by atoms with van der Waals surface area (Å²) in [5.41, 5.74) is 0.965. The third kappa shape index (κ3) is 6.56. The van der Waals surface area contributed by atoms with Gasteiger partial charge >= 0.3 is 0 Å². The largest absolute Gasteiger partial charge is 0.467 e. The number of nitrogens with zero attached hydrogens (tertiary/aromatic N) is 3. The Morgan fingerprint density at radius 1 is 1.19 bits per heavy atom. The zero-order chi connectivity index (χ0) is 22.2. The number of rotatable bonds is 10. The van der Waals surface area contributed by atoms with Gasteiger partial charge in [0.15, 0.2) is 4.34 Å². The van der Waals surface area contributed by atoms with Gasteiger partial charge in [0.25, 0.3) is 5.91 Å². The Labute approximate surface area is 189 Å². The van der Waals surface area contributed by atoms with Gasteiger partial charge in [0.2, 0.25) is 11.0 Å². The lowest BCUT2D eigenvalue weighted by molar-refractivity contribution is -0.115. The number of carbonyl (C=O) groups is 2. The van der Waals surface area contributed by atoms with Crippen molar-refractivity contribution in [2.24, 2.45) is 5.92 Å². The smallest absolute Gasteiger partial charge is 0.253 e. The third-order valence-corrected chi connectivity index (χ3v) is 6.27. The van der Waals surface area contributed by atoms with E-state index < -0.39 is 0 Å². The van der Waals surface area contributed by atoms with E-state index in [0.29, 0.717) is 22.9 Å². The molecule has 3 rings (SSSR count). The maximum absolute atomic E-state index is 12.8. The lowest BCUT2D eigenvalue weighted by atomic mass is 10.1. The third-order valence-electron chi connectivity index (χ3n) is 4.27. The number of amides is 2. The fourth-order valence-corrected chi connectivity index (χ4v) is 4.29. The van der Waals surface area contributed by atoms with Crippen molar-refractivity contribution in [1.29, 1.82) is 0 Å². The summed E-state index contributed by atoms with van der Waals surface area (Å²) in [4.78, 5) is 26.9. The number of thioether (sulfide) groups is 1.